The van der Waals surface area contributed by atoms with Gasteiger partial charge in [0.25, 0.3) is 0 Å². The van der Waals surface area contributed by atoms with Gasteiger partial charge in [-0.05, 0) is 76.2 Å². The molecule has 0 N–H and O–H groups in total. The maximum absolute atomic E-state index is 13.5. The van der Waals surface area contributed by atoms with Crippen molar-refractivity contribution in [2.24, 2.45) is 0 Å². The minimum Gasteiger partial charge on any atom is -0.293 e. The molecular formula is C27H18N2O2. The highest BCUT2D eigenvalue weighted by molar-refractivity contribution is 6.14. The molecule has 2 bridgehead atoms. The minimum atomic E-state index is -0.274. The molecule has 0 spiro atoms. The van der Waals surface area contributed by atoms with Gasteiger partial charge in [-0.2, -0.15) is 0 Å². The molecule has 0 aliphatic heterocycles. The first-order chi connectivity index (χ1) is 15.2. The van der Waals surface area contributed by atoms with Crippen molar-refractivity contribution < 1.29 is 9.59 Å². The number of Topliss-reactive ketones (excluding diaryl/α,β-unsaturated/α-hetero) is 2. The molecule has 2 unspecified atom stereocenters. The molecule has 0 fully saturated rings. The summed E-state index contributed by atoms with van der Waals surface area (Å²) in [6, 6.07) is 19.5. The fraction of sp³-hybridized carbons (Fsp3) is 0.111. The van der Waals surface area contributed by atoms with E-state index in [1.165, 1.54) is 0 Å². The third-order valence-electron chi connectivity index (χ3n) is 6.52. The average Bonchev–Trinajstić information content (AvgIpc) is 2.84. The Morgan fingerprint density at radius 3 is 1.39 bits per heavy atom. The number of carbonyl (C=O) groups excluding carboxylic acids is 2. The number of carbonyl (C=O) groups is 2. The summed E-state index contributed by atoms with van der Waals surface area (Å²) in [6.07, 6.45) is 7.52. The van der Waals surface area contributed by atoms with Crippen LogP contribution in [0.2, 0.25) is 0 Å². The summed E-state index contributed by atoms with van der Waals surface area (Å²) >= 11 is 0. The second kappa shape index (κ2) is 6.81. The molecule has 2 aliphatic rings. The van der Waals surface area contributed by atoms with Gasteiger partial charge in [-0.1, -0.05) is 24.3 Å². The third-order valence-corrected chi connectivity index (χ3v) is 6.52. The van der Waals surface area contributed by atoms with Crippen LogP contribution >= 0.6 is 0 Å². The molecule has 2 atom stereocenters. The monoisotopic (exact) mass is 402 g/mol. The highest BCUT2D eigenvalue weighted by Crippen LogP contribution is 2.48. The fourth-order valence-electron chi connectivity index (χ4n) is 4.96. The lowest BCUT2D eigenvalue weighted by atomic mass is 9.65. The van der Waals surface area contributed by atoms with Gasteiger partial charge in [-0.15, -0.1) is 0 Å². The molecular weight excluding hydrogens is 384 g/mol. The minimum absolute atomic E-state index is 0.104. The van der Waals surface area contributed by atoms with Gasteiger partial charge in [0.2, 0.25) is 0 Å². The molecule has 4 nitrogen and oxygen atoms in total. The van der Waals surface area contributed by atoms with Crippen molar-refractivity contribution in [2.45, 2.75) is 18.3 Å². The number of hydrogen-bond donors (Lipinski definition) is 0. The van der Waals surface area contributed by atoms with Gasteiger partial charge in [-0.25, -0.2) is 0 Å². The first kappa shape index (κ1) is 17.9. The Morgan fingerprint density at radius 1 is 0.548 bits per heavy atom. The van der Waals surface area contributed by atoms with Crippen LogP contribution in [0.25, 0.3) is 22.3 Å². The van der Waals surface area contributed by atoms with Crippen molar-refractivity contribution in [1.82, 2.24) is 9.97 Å². The summed E-state index contributed by atoms with van der Waals surface area (Å²) < 4.78 is 0. The number of aromatic nitrogens is 2. The van der Waals surface area contributed by atoms with Crippen LogP contribution in [0.5, 0.6) is 0 Å². The average molecular weight is 402 g/mol. The smallest absolute Gasteiger partial charge is 0.170 e. The van der Waals surface area contributed by atoms with Gasteiger partial charge in [-0.3, -0.25) is 19.6 Å². The summed E-state index contributed by atoms with van der Waals surface area (Å²) in [4.78, 5) is 35.1. The predicted molar refractivity (Wildman–Crippen MR) is 118 cm³/mol. The number of pyridine rings is 2. The van der Waals surface area contributed by atoms with Crippen molar-refractivity contribution >= 4 is 11.6 Å². The van der Waals surface area contributed by atoms with Gasteiger partial charge in [0, 0.05) is 47.8 Å². The van der Waals surface area contributed by atoms with Gasteiger partial charge in [0.15, 0.2) is 11.6 Å². The van der Waals surface area contributed by atoms with Crippen LogP contribution in [0.4, 0.5) is 0 Å². The van der Waals surface area contributed by atoms with Crippen LogP contribution in [0.3, 0.4) is 0 Å². The van der Waals surface area contributed by atoms with E-state index in [2.05, 4.69) is 9.97 Å². The van der Waals surface area contributed by atoms with Crippen LogP contribution in [0.1, 0.15) is 50.1 Å². The van der Waals surface area contributed by atoms with Crippen LogP contribution in [0, 0.1) is 0 Å². The predicted octanol–water partition coefficient (Wildman–Crippen LogP) is 5.46. The number of hydrogen-bond acceptors (Lipinski definition) is 4. The van der Waals surface area contributed by atoms with Crippen molar-refractivity contribution in [2.75, 3.05) is 0 Å². The van der Waals surface area contributed by atoms with Crippen LogP contribution in [-0.4, -0.2) is 21.5 Å². The lowest BCUT2D eigenvalue weighted by molar-refractivity contribution is 0.0875. The topological polar surface area (TPSA) is 59.9 Å². The molecule has 6 rings (SSSR count). The Morgan fingerprint density at radius 2 is 0.968 bits per heavy atom. The van der Waals surface area contributed by atoms with Crippen LogP contribution in [0.15, 0.2) is 85.5 Å². The number of benzene rings is 2. The molecule has 4 heteroatoms. The lowest BCUT2D eigenvalue weighted by Crippen LogP contribution is -2.34. The maximum Gasteiger partial charge on any atom is 0.170 e. The normalized spacial score (nSPS) is 19.0. The molecule has 0 radical (unpaired) electrons. The first-order valence-electron chi connectivity index (χ1n) is 10.4. The number of ketones is 2. The van der Waals surface area contributed by atoms with Crippen LogP contribution in [-0.2, 0) is 0 Å². The van der Waals surface area contributed by atoms with Gasteiger partial charge >= 0.3 is 0 Å². The Kier molecular flexibility index (Phi) is 3.93. The van der Waals surface area contributed by atoms with Crippen molar-refractivity contribution in [3.8, 4) is 22.3 Å². The molecule has 2 aromatic carbocycles. The Labute approximate surface area is 179 Å². The molecule has 0 amide bonds. The molecule has 31 heavy (non-hydrogen) atoms. The summed E-state index contributed by atoms with van der Waals surface area (Å²) in [5.41, 5.74) is 7.00. The van der Waals surface area contributed by atoms with Gasteiger partial charge < -0.3 is 0 Å². The molecule has 4 aromatic rings. The third kappa shape index (κ3) is 2.76. The molecule has 0 saturated carbocycles. The summed E-state index contributed by atoms with van der Waals surface area (Å²) in [5.74, 6) is -0.339. The van der Waals surface area contributed by atoms with Crippen molar-refractivity contribution in [3.05, 3.63) is 108 Å². The van der Waals surface area contributed by atoms with E-state index in [0.29, 0.717) is 17.5 Å². The highest BCUT2D eigenvalue weighted by atomic mass is 16.1. The second-order valence-electron chi connectivity index (χ2n) is 8.15. The zero-order chi connectivity index (χ0) is 20.9. The Balaban J connectivity index is 1.46. The SMILES string of the molecule is O=C1c2cc(-c3ccncc3)ccc2C2CC1c1ccc(-c3ccncc3)cc1C2=O. The highest BCUT2D eigenvalue weighted by Gasteiger charge is 2.43. The zero-order valence-electron chi connectivity index (χ0n) is 16.7. The van der Waals surface area contributed by atoms with E-state index in [1.807, 2.05) is 60.7 Å². The largest absolute Gasteiger partial charge is 0.293 e. The fourth-order valence-corrected chi connectivity index (χ4v) is 4.96. The van der Waals surface area contributed by atoms with Crippen molar-refractivity contribution in [3.63, 3.8) is 0 Å². The molecule has 2 heterocycles. The Bertz CT molecular complexity index is 1240. The molecule has 2 aliphatic carbocycles. The van der Waals surface area contributed by atoms with E-state index in [4.69, 9.17) is 0 Å². The van der Waals surface area contributed by atoms with Crippen LogP contribution < -0.4 is 0 Å². The standard InChI is InChI=1S/C27H18N2O2/c30-26-22-13-18(16-5-9-28-10-6-16)1-3-20(22)24-15-25(26)21-4-2-19(14-23(21)27(24)31)17-7-11-29-12-8-17/h1-14,24-25H,15H2. The molecule has 2 aromatic heterocycles. The summed E-state index contributed by atoms with van der Waals surface area (Å²) in [6.45, 7) is 0. The summed E-state index contributed by atoms with van der Waals surface area (Å²) in [5, 5.41) is 0. The quantitative estimate of drug-likeness (QED) is 0.447. The maximum atomic E-state index is 13.5. The van der Waals surface area contributed by atoms with Gasteiger partial charge in [0.1, 0.15) is 0 Å². The van der Waals surface area contributed by atoms with E-state index in [0.717, 1.165) is 33.4 Å². The summed E-state index contributed by atoms with van der Waals surface area (Å²) in [7, 11) is 0. The van der Waals surface area contributed by atoms with E-state index in [9.17, 15) is 9.59 Å². The molecule has 148 valence electrons. The van der Waals surface area contributed by atoms with Gasteiger partial charge in [0.05, 0.1) is 0 Å². The van der Waals surface area contributed by atoms with E-state index in [1.54, 1.807) is 24.8 Å². The number of rotatable bonds is 2. The van der Waals surface area contributed by atoms with E-state index < -0.39 is 0 Å². The first-order valence-corrected chi connectivity index (χ1v) is 10.4. The number of nitrogens with zero attached hydrogens (tertiary/aromatic N) is 2. The van der Waals surface area contributed by atoms with Crippen molar-refractivity contribution in [1.29, 1.82) is 0 Å². The Hall–Kier alpha value is -3.92. The second-order valence-corrected chi connectivity index (χ2v) is 8.15. The van der Waals surface area contributed by atoms with E-state index in [-0.39, 0.29) is 23.4 Å². The number of fused-ring (bicyclic) bond motifs is 6. The zero-order valence-corrected chi connectivity index (χ0v) is 16.7. The molecule has 0 saturated heterocycles. The lowest BCUT2D eigenvalue weighted by Gasteiger charge is -2.36. The van der Waals surface area contributed by atoms with E-state index >= 15 is 0 Å².